The van der Waals surface area contributed by atoms with Crippen LogP contribution in [0.4, 0.5) is 18.9 Å². The van der Waals surface area contributed by atoms with E-state index in [1.165, 1.54) is 6.92 Å². The lowest BCUT2D eigenvalue weighted by molar-refractivity contribution is -0.385. The Hall–Kier alpha value is -2.12. The molecule has 0 aliphatic rings. The Balaban J connectivity index is 3.47. The Kier molecular flexibility index (Phi) is 4.13. The van der Waals surface area contributed by atoms with Crippen molar-refractivity contribution in [3.05, 3.63) is 39.4 Å². The quantitative estimate of drug-likeness (QED) is 0.677. The molecule has 5 nitrogen and oxygen atoms in total. The van der Waals surface area contributed by atoms with Gasteiger partial charge in [-0.1, -0.05) is 6.92 Å². The van der Waals surface area contributed by atoms with Gasteiger partial charge in [-0.25, -0.2) is 0 Å². The van der Waals surface area contributed by atoms with Gasteiger partial charge >= 0.3 is 12.1 Å². The van der Waals surface area contributed by atoms with Crippen LogP contribution >= 0.6 is 0 Å². The summed E-state index contributed by atoms with van der Waals surface area (Å²) < 4.78 is 37.7. The van der Waals surface area contributed by atoms with Gasteiger partial charge in [0, 0.05) is 11.6 Å². The smallest absolute Gasteiger partial charge is 0.416 e. The summed E-state index contributed by atoms with van der Waals surface area (Å²) >= 11 is 0. The number of hydrogen-bond donors (Lipinski definition) is 1. The number of aliphatic carboxylic acids is 1. The van der Waals surface area contributed by atoms with Gasteiger partial charge < -0.3 is 5.11 Å². The normalized spacial score (nSPS) is 13.1. The minimum atomic E-state index is -4.68. The minimum Gasteiger partial charge on any atom is -0.481 e. The van der Waals surface area contributed by atoms with Crippen LogP contribution in [0.15, 0.2) is 18.2 Å². The molecule has 0 aliphatic heterocycles. The highest BCUT2D eigenvalue weighted by molar-refractivity contribution is 5.78. The van der Waals surface area contributed by atoms with E-state index in [9.17, 15) is 28.1 Å². The van der Waals surface area contributed by atoms with E-state index >= 15 is 0 Å². The number of nitrogens with zero attached hydrogens (tertiary/aromatic N) is 1. The molecule has 104 valence electrons. The topological polar surface area (TPSA) is 80.4 Å². The molecule has 0 aromatic heterocycles. The van der Waals surface area contributed by atoms with Crippen LogP contribution in [0.25, 0.3) is 0 Å². The number of benzene rings is 1. The monoisotopic (exact) mass is 277 g/mol. The second-order valence-corrected chi connectivity index (χ2v) is 3.83. The van der Waals surface area contributed by atoms with E-state index in [-0.39, 0.29) is 6.42 Å². The third-order valence-electron chi connectivity index (χ3n) is 2.63. The average molecular weight is 277 g/mol. The van der Waals surface area contributed by atoms with E-state index in [1.807, 2.05) is 0 Å². The molecule has 0 heterocycles. The Morgan fingerprint density at radius 3 is 2.42 bits per heavy atom. The Morgan fingerprint density at radius 2 is 2.05 bits per heavy atom. The first kappa shape index (κ1) is 14.9. The van der Waals surface area contributed by atoms with Crippen molar-refractivity contribution in [3.8, 4) is 0 Å². The highest BCUT2D eigenvalue weighted by Crippen LogP contribution is 2.36. The molecule has 1 aromatic carbocycles. The summed E-state index contributed by atoms with van der Waals surface area (Å²) in [5, 5.41) is 19.7. The van der Waals surface area contributed by atoms with Crippen LogP contribution in [0.1, 0.15) is 30.4 Å². The Morgan fingerprint density at radius 1 is 1.47 bits per heavy atom. The lowest BCUT2D eigenvalue weighted by Crippen LogP contribution is -2.14. The van der Waals surface area contributed by atoms with Crippen molar-refractivity contribution < 1.29 is 28.0 Å². The first-order valence-corrected chi connectivity index (χ1v) is 5.26. The van der Waals surface area contributed by atoms with E-state index in [2.05, 4.69) is 0 Å². The fourth-order valence-corrected chi connectivity index (χ4v) is 1.70. The molecule has 1 unspecified atom stereocenters. The van der Waals surface area contributed by atoms with E-state index < -0.39 is 39.8 Å². The zero-order chi connectivity index (χ0) is 14.8. The highest BCUT2D eigenvalue weighted by atomic mass is 19.4. The number of alkyl halides is 3. The van der Waals surface area contributed by atoms with Crippen molar-refractivity contribution in [2.75, 3.05) is 0 Å². The second kappa shape index (κ2) is 5.25. The Labute approximate surface area is 105 Å². The molecule has 0 saturated carbocycles. The number of carboxylic acids is 1. The third kappa shape index (κ3) is 3.21. The molecule has 0 amide bonds. The van der Waals surface area contributed by atoms with E-state index in [0.717, 1.165) is 0 Å². The zero-order valence-electron chi connectivity index (χ0n) is 9.77. The van der Waals surface area contributed by atoms with Crippen molar-refractivity contribution in [2.24, 2.45) is 0 Å². The van der Waals surface area contributed by atoms with Gasteiger partial charge in [-0.15, -0.1) is 0 Å². The summed E-state index contributed by atoms with van der Waals surface area (Å²) in [5.41, 5.74) is -2.16. The maximum atomic E-state index is 12.6. The number of halogens is 3. The first-order valence-electron chi connectivity index (χ1n) is 5.26. The minimum absolute atomic E-state index is 0.0442. The third-order valence-corrected chi connectivity index (χ3v) is 2.63. The molecule has 0 fully saturated rings. The Bertz CT molecular complexity index is 513. The van der Waals surface area contributed by atoms with Crippen molar-refractivity contribution >= 4 is 11.7 Å². The number of nitro benzene ring substituents is 1. The standard InChI is InChI=1S/C11H10F3NO4/c1-2-7(10(16)17)8-5-6(11(12,13)14)3-4-9(8)15(18)19/h3-5,7H,2H2,1H3,(H,16,17). The van der Waals surface area contributed by atoms with Crippen molar-refractivity contribution in [3.63, 3.8) is 0 Å². The number of nitro groups is 1. The van der Waals surface area contributed by atoms with Crippen molar-refractivity contribution in [1.82, 2.24) is 0 Å². The molecule has 0 radical (unpaired) electrons. The van der Waals surface area contributed by atoms with E-state index in [4.69, 9.17) is 5.11 Å². The van der Waals surface area contributed by atoms with Gasteiger partial charge in [0.2, 0.25) is 0 Å². The van der Waals surface area contributed by atoms with Gasteiger partial charge in [0.05, 0.1) is 16.4 Å². The largest absolute Gasteiger partial charge is 0.481 e. The molecule has 0 spiro atoms. The highest BCUT2D eigenvalue weighted by Gasteiger charge is 2.34. The molecule has 19 heavy (non-hydrogen) atoms. The lowest BCUT2D eigenvalue weighted by atomic mass is 9.93. The van der Waals surface area contributed by atoms with Crippen LogP contribution in [-0.2, 0) is 11.0 Å². The molecule has 1 rings (SSSR count). The van der Waals surface area contributed by atoms with Gasteiger partial charge in [0.15, 0.2) is 0 Å². The van der Waals surface area contributed by atoms with Crippen molar-refractivity contribution in [2.45, 2.75) is 25.4 Å². The van der Waals surface area contributed by atoms with Crippen LogP contribution in [-0.4, -0.2) is 16.0 Å². The van der Waals surface area contributed by atoms with Crippen LogP contribution < -0.4 is 0 Å². The number of carbonyl (C=O) groups is 1. The summed E-state index contributed by atoms with van der Waals surface area (Å²) in [6, 6.07) is 1.78. The number of hydrogen-bond acceptors (Lipinski definition) is 3. The predicted octanol–water partition coefficient (Wildman–Crippen LogP) is 3.19. The second-order valence-electron chi connectivity index (χ2n) is 3.83. The summed E-state index contributed by atoms with van der Waals surface area (Å²) in [7, 11) is 0. The molecular weight excluding hydrogens is 267 g/mol. The van der Waals surface area contributed by atoms with Crippen LogP contribution in [0.5, 0.6) is 0 Å². The van der Waals surface area contributed by atoms with Gasteiger partial charge in [-0.3, -0.25) is 14.9 Å². The summed E-state index contributed by atoms with van der Waals surface area (Å²) in [5.74, 6) is -2.74. The predicted molar refractivity (Wildman–Crippen MR) is 58.8 cm³/mol. The maximum absolute atomic E-state index is 12.6. The van der Waals surface area contributed by atoms with E-state index in [1.54, 1.807) is 0 Å². The molecule has 1 atom stereocenters. The molecule has 0 aliphatic carbocycles. The number of rotatable bonds is 4. The maximum Gasteiger partial charge on any atom is 0.416 e. The zero-order valence-corrected chi connectivity index (χ0v) is 9.77. The van der Waals surface area contributed by atoms with Crippen LogP contribution in [0, 0.1) is 10.1 Å². The van der Waals surface area contributed by atoms with Crippen molar-refractivity contribution in [1.29, 1.82) is 0 Å². The molecule has 0 bridgehead atoms. The van der Waals surface area contributed by atoms with Gasteiger partial charge in [-0.05, 0) is 18.6 Å². The van der Waals surface area contributed by atoms with Crippen LogP contribution in [0.3, 0.4) is 0 Å². The fourth-order valence-electron chi connectivity index (χ4n) is 1.70. The molecule has 1 aromatic rings. The van der Waals surface area contributed by atoms with E-state index in [0.29, 0.717) is 18.2 Å². The molecular formula is C11H10F3NO4. The lowest BCUT2D eigenvalue weighted by Gasteiger charge is -2.13. The molecule has 0 saturated heterocycles. The average Bonchev–Trinajstić information content (AvgIpc) is 2.27. The SMILES string of the molecule is CCC(C(=O)O)c1cc(C(F)(F)F)ccc1[N+](=O)[O-]. The van der Waals surface area contributed by atoms with Gasteiger partial charge in [-0.2, -0.15) is 13.2 Å². The fraction of sp³-hybridized carbons (Fsp3) is 0.364. The number of carboxylic acid groups (broad SMARTS) is 1. The molecule has 1 N–H and O–H groups in total. The summed E-state index contributed by atoms with van der Waals surface area (Å²) in [6.45, 7) is 1.43. The van der Waals surface area contributed by atoms with Gasteiger partial charge in [0.25, 0.3) is 5.69 Å². The van der Waals surface area contributed by atoms with Gasteiger partial charge in [0.1, 0.15) is 0 Å². The molecule has 8 heteroatoms. The summed E-state index contributed by atoms with van der Waals surface area (Å²) in [4.78, 5) is 20.8. The summed E-state index contributed by atoms with van der Waals surface area (Å²) in [6.07, 6.45) is -4.72. The van der Waals surface area contributed by atoms with Crippen LogP contribution in [0.2, 0.25) is 0 Å². The first-order chi connectivity index (χ1) is 8.68.